The van der Waals surface area contributed by atoms with E-state index in [1.54, 1.807) is 6.20 Å². The van der Waals surface area contributed by atoms with Crippen LogP contribution < -0.4 is 11.5 Å². The topological polar surface area (TPSA) is 164 Å². The number of nitrogens with two attached hydrogens (primary N) is 2. The van der Waals surface area contributed by atoms with Gasteiger partial charge in [0.2, 0.25) is 5.96 Å². The highest BCUT2D eigenvalue weighted by Crippen LogP contribution is 2.41. The minimum absolute atomic E-state index is 0.0701. The highest BCUT2D eigenvalue weighted by atomic mass is 35.5. The van der Waals surface area contributed by atoms with Crippen molar-refractivity contribution in [2.24, 2.45) is 21.7 Å². The Morgan fingerprint density at radius 3 is 2.50 bits per heavy atom. The van der Waals surface area contributed by atoms with Crippen LogP contribution in [0, 0.1) is 6.92 Å². The number of halogens is 2. The second-order valence-corrected chi connectivity index (χ2v) is 9.03. The second-order valence-electron chi connectivity index (χ2n) is 5.85. The summed E-state index contributed by atoms with van der Waals surface area (Å²) in [7, 11) is -4.67. The number of pyridine rings is 1. The van der Waals surface area contributed by atoms with Gasteiger partial charge in [0, 0.05) is 11.8 Å². The molecule has 0 bridgehead atoms. The molecule has 2 heterocycles. The molecule has 1 unspecified atom stereocenters. The Balaban J connectivity index is 0.000000500. The number of aromatic nitrogens is 1. The molecule has 28 heavy (non-hydrogen) atoms. The quantitative estimate of drug-likeness (QED) is 0.229. The summed E-state index contributed by atoms with van der Waals surface area (Å²) >= 11 is 13.8. The van der Waals surface area contributed by atoms with E-state index in [0.29, 0.717) is 15.1 Å². The Morgan fingerprint density at radius 2 is 1.96 bits per heavy atom. The molecular weight excluding hydrogens is 449 g/mol. The van der Waals surface area contributed by atoms with Crippen LogP contribution in [0.2, 0.25) is 8.67 Å². The highest BCUT2D eigenvalue weighted by molar-refractivity contribution is 7.79. The van der Waals surface area contributed by atoms with Crippen molar-refractivity contribution in [2.75, 3.05) is 0 Å². The van der Waals surface area contributed by atoms with Gasteiger partial charge in [-0.25, -0.2) is 0 Å². The number of guanidine groups is 1. The van der Waals surface area contributed by atoms with E-state index in [1.807, 2.05) is 19.1 Å². The fourth-order valence-electron chi connectivity index (χ4n) is 2.86. The molecule has 152 valence electrons. The number of hydrogen-bond donors (Lipinski definition) is 4. The van der Waals surface area contributed by atoms with Gasteiger partial charge in [0.05, 0.1) is 20.1 Å². The van der Waals surface area contributed by atoms with Crippen molar-refractivity contribution in [3.8, 4) is 0 Å². The molecule has 0 radical (unpaired) electrons. The lowest BCUT2D eigenvalue weighted by atomic mass is 9.81. The smallest absolute Gasteiger partial charge is 0.369 e. The molecule has 1 aliphatic carbocycles. The molecular formula is C15H17Cl2N5O4S2. The number of nitrogens with zero attached hydrogens (tertiary/aromatic N) is 3. The van der Waals surface area contributed by atoms with Gasteiger partial charge >= 0.3 is 10.4 Å². The SMILES string of the molecule is Cc1ccnc2c1C(=NN=C(N)N)CC(c1cc(Cl)sc1Cl)C2.O=S(=O)(O)O. The van der Waals surface area contributed by atoms with Gasteiger partial charge in [0.25, 0.3) is 0 Å². The van der Waals surface area contributed by atoms with E-state index in [9.17, 15) is 0 Å². The summed E-state index contributed by atoms with van der Waals surface area (Å²) in [6.45, 7) is 2.03. The van der Waals surface area contributed by atoms with Gasteiger partial charge in [-0.15, -0.1) is 16.4 Å². The van der Waals surface area contributed by atoms with E-state index < -0.39 is 10.4 Å². The molecule has 0 spiro atoms. The average Bonchev–Trinajstić information content (AvgIpc) is 2.89. The third-order valence-electron chi connectivity index (χ3n) is 3.81. The summed E-state index contributed by atoms with van der Waals surface area (Å²) < 4.78 is 33.0. The van der Waals surface area contributed by atoms with Crippen LogP contribution >= 0.6 is 34.5 Å². The van der Waals surface area contributed by atoms with E-state index in [2.05, 4.69) is 15.2 Å². The summed E-state index contributed by atoms with van der Waals surface area (Å²) in [5.74, 6) is 0.0836. The van der Waals surface area contributed by atoms with Gasteiger partial charge in [0.15, 0.2) is 0 Å². The third kappa shape index (κ3) is 6.40. The first-order valence-corrected chi connectivity index (χ1v) is 10.7. The van der Waals surface area contributed by atoms with Crippen LogP contribution in [0.25, 0.3) is 0 Å². The van der Waals surface area contributed by atoms with Gasteiger partial charge in [-0.2, -0.15) is 13.5 Å². The maximum atomic E-state index is 8.74. The van der Waals surface area contributed by atoms with Gasteiger partial charge in [0.1, 0.15) is 0 Å². The second kappa shape index (κ2) is 9.16. The molecule has 0 aromatic carbocycles. The largest absolute Gasteiger partial charge is 0.394 e. The minimum Gasteiger partial charge on any atom is -0.369 e. The van der Waals surface area contributed by atoms with Crippen LogP contribution in [0.1, 0.15) is 34.7 Å². The monoisotopic (exact) mass is 465 g/mol. The summed E-state index contributed by atoms with van der Waals surface area (Å²) in [6, 6.07) is 3.87. The van der Waals surface area contributed by atoms with Gasteiger partial charge in [-0.1, -0.05) is 23.2 Å². The number of fused-ring (bicyclic) bond motifs is 1. The first-order valence-electron chi connectivity index (χ1n) is 7.70. The summed E-state index contributed by atoms with van der Waals surface area (Å²) in [5, 5.41) is 8.06. The molecule has 0 saturated carbocycles. The van der Waals surface area contributed by atoms with Crippen molar-refractivity contribution in [3.05, 3.63) is 49.4 Å². The van der Waals surface area contributed by atoms with Gasteiger partial charge in [-0.05, 0) is 48.9 Å². The number of rotatable bonds is 2. The van der Waals surface area contributed by atoms with Crippen LogP contribution in [-0.2, 0) is 16.8 Å². The van der Waals surface area contributed by atoms with Crippen molar-refractivity contribution in [3.63, 3.8) is 0 Å². The van der Waals surface area contributed by atoms with Crippen molar-refractivity contribution in [1.82, 2.24) is 4.98 Å². The van der Waals surface area contributed by atoms with E-state index in [1.165, 1.54) is 11.3 Å². The summed E-state index contributed by atoms with van der Waals surface area (Å²) in [4.78, 5) is 4.51. The fourth-order valence-corrected chi connectivity index (χ4v) is 4.49. The zero-order valence-corrected chi connectivity index (χ0v) is 17.6. The van der Waals surface area contributed by atoms with Crippen LogP contribution in [0.5, 0.6) is 0 Å². The van der Waals surface area contributed by atoms with Gasteiger partial charge < -0.3 is 11.5 Å². The molecule has 0 saturated heterocycles. The predicted octanol–water partition coefficient (Wildman–Crippen LogP) is 2.81. The Kier molecular flexibility index (Phi) is 7.37. The van der Waals surface area contributed by atoms with Gasteiger partial charge in [-0.3, -0.25) is 14.1 Å². The van der Waals surface area contributed by atoms with Crippen LogP contribution in [0.4, 0.5) is 0 Å². The Hall–Kier alpha value is -1.76. The third-order valence-corrected chi connectivity index (χ3v) is 5.33. The van der Waals surface area contributed by atoms with Crippen molar-refractivity contribution in [2.45, 2.75) is 25.7 Å². The van der Waals surface area contributed by atoms with Crippen LogP contribution in [-0.4, -0.2) is 34.2 Å². The van der Waals surface area contributed by atoms with E-state index in [4.69, 9.17) is 52.2 Å². The average molecular weight is 466 g/mol. The number of hydrogen-bond acceptors (Lipinski definition) is 6. The first-order chi connectivity index (χ1) is 13.0. The lowest BCUT2D eigenvalue weighted by Crippen LogP contribution is -2.24. The van der Waals surface area contributed by atoms with E-state index in [0.717, 1.165) is 34.5 Å². The zero-order chi connectivity index (χ0) is 21.1. The maximum Gasteiger partial charge on any atom is 0.394 e. The molecule has 1 atom stereocenters. The van der Waals surface area contributed by atoms with E-state index in [-0.39, 0.29) is 11.9 Å². The standard InChI is InChI=1S/C15H15Cl2N5S.H2O4S/c1-7-2-3-20-10-4-8(9-6-12(16)23-14(9)17)5-11(13(7)10)21-22-15(18)19;1-5(2,3)4/h2-3,6,8H,4-5H2,1H3,(H4,18,19,22);(H2,1,2,3,4). The zero-order valence-electron chi connectivity index (χ0n) is 14.5. The molecule has 0 aliphatic heterocycles. The molecule has 0 fully saturated rings. The summed E-state index contributed by atoms with van der Waals surface area (Å²) in [5.41, 5.74) is 15.8. The van der Waals surface area contributed by atoms with Crippen LogP contribution in [0.3, 0.4) is 0 Å². The van der Waals surface area contributed by atoms with E-state index >= 15 is 0 Å². The Morgan fingerprint density at radius 1 is 1.32 bits per heavy atom. The van der Waals surface area contributed by atoms with Crippen molar-refractivity contribution < 1.29 is 17.5 Å². The molecule has 1 aliphatic rings. The fraction of sp³-hybridized carbons (Fsp3) is 0.267. The van der Waals surface area contributed by atoms with Crippen molar-refractivity contribution in [1.29, 1.82) is 0 Å². The molecule has 2 aromatic heterocycles. The maximum absolute atomic E-state index is 8.74. The minimum atomic E-state index is -4.67. The Bertz CT molecular complexity index is 1030. The molecule has 3 rings (SSSR count). The normalized spacial score (nSPS) is 17.5. The Labute approximate surface area is 175 Å². The molecule has 2 aromatic rings. The lowest BCUT2D eigenvalue weighted by Gasteiger charge is -2.25. The van der Waals surface area contributed by atoms with Crippen LogP contribution in [0.15, 0.2) is 28.5 Å². The highest BCUT2D eigenvalue weighted by Gasteiger charge is 2.29. The summed E-state index contributed by atoms with van der Waals surface area (Å²) in [6.07, 6.45) is 3.27. The molecule has 13 heteroatoms. The first kappa shape index (κ1) is 22.5. The lowest BCUT2D eigenvalue weighted by molar-refractivity contribution is 0.381. The number of aryl methyl sites for hydroxylation is 1. The van der Waals surface area contributed by atoms with Crippen molar-refractivity contribution >= 4 is 56.6 Å². The number of thiophene rings is 1. The molecule has 6 N–H and O–H groups in total. The molecule has 0 amide bonds. The predicted molar refractivity (Wildman–Crippen MR) is 111 cm³/mol. The molecule has 9 nitrogen and oxygen atoms in total.